The van der Waals surface area contributed by atoms with Gasteiger partial charge in [-0.2, -0.15) is 0 Å². The lowest BCUT2D eigenvalue weighted by atomic mass is 9.89. The van der Waals surface area contributed by atoms with Crippen molar-refractivity contribution in [3.63, 3.8) is 0 Å². The predicted molar refractivity (Wildman–Crippen MR) is 232 cm³/mol. The van der Waals surface area contributed by atoms with Gasteiger partial charge in [-0.05, 0) is 79.1 Å². The van der Waals surface area contributed by atoms with Gasteiger partial charge in [0.05, 0.1) is 11.4 Å². The third-order valence-corrected chi connectivity index (χ3v) is 10.0. The minimum absolute atomic E-state index is 0.268. The summed E-state index contributed by atoms with van der Waals surface area (Å²) in [5.41, 5.74) is 11.3. The molecule has 6 aromatic carbocycles. The van der Waals surface area contributed by atoms with Crippen molar-refractivity contribution in [3.8, 4) is 44.9 Å². The van der Waals surface area contributed by atoms with E-state index in [0.717, 1.165) is 67.7 Å². The first kappa shape index (κ1) is 34.1. The van der Waals surface area contributed by atoms with Crippen LogP contribution >= 0.6 is 0 Å². The molecule has 8 rings (SSSR count). The summed E-state index contributed by atoms with van der Waals surface area (Å²) >= 11 is 0. The fourth-order valence-corrected chi connectivity index (χ4v) is 7.20. The molecule has 0 aliphatic carbocycles. The van der Waals surface area contributed by atoms with Gasteiger partial charge in [0.1, 0.15) is 0 Å². The first-order chi connectivity index (χ1) is 26.6. The van der Waals surface area contributed by atoms with Crippen LogP contribution < -0.4 is 0 Å². The number of fused-ring (bicyclic) bond motifs is 3. The Bertz CT molecular complexity index is 2660. The predicted octanol–water partition coefficient (Wildman–Crippen LogP) is 13.5. The SMILES string of the molecule is C=C/C(=C\C=C\C1C=NC=CC1)c1cc(-c2ccc(-c3ccccc3)cc2)nc(-c2ccc(-c3ccc4c(c3)c(C=C)c(C=C)c3ccccc34)cc2)n1. The highest BCUT2D eigenvalue weighted by molar-refractivity contribution is 6.15. The van der Waals surface area contributed by atoms with Crippen molar-refractivity contribution in [2.24, 2.45) is 10.9 Å². The summed E-state index contributed by atoms with van der Waals surface area (Å²) in [7, 11) is 0. The van der Waals surface area contributed by atoms with Crippen LogP contribution in [0, 0.1) is 5.92 Å². The Hall–Kier alpha value is -6.97. The van der Waals surface area contributed by atoms with Crippen LogP contribution in [0.3, 0.4) is 0 Å². The first-order valence-corrected chi connectivity index (χ1v) is 18.2. The molecule has 1 aromatic heterocycles. The van der Waals surface area contributed by atoms with Gasteiger partial charge in [-0.1, -0.05) is 178 Å². The number of rotatable bonds is 10. The van der Waals surface area contributed by atoms with E-state index in [4.69, 9.17) is 9.97 Å². The van der Waals surface area contributed by atoms with Crippen molar-refractivity contribution >= 4 is 45.5 Å². The molecule has 0 fully saturated rings. The Kier molecular flexibility index (Phi) is 9.69. The molecule has 7 aromatic rings. The second-order valence-corrected chi connectivity index (χ2v) is 13.3. The Labute approximate surface area is 317 Å². The number of allylic oxidation sites excluding steroid dienone is 6. The standard InChI is InChI=1S/C51H39N3/c1-4-36(18-12-14-35-15-13-31-52-34-35)49-33-50(40-25-21-38(22-26-40)37-16-8-7-9-17-37)54-51(53-49)41-27-23-39(24-28-41)42-29-30-47-46-20-11-10-19-45(46)43(5-2)44(6-3)48(47)32-42/h4-14,16-35H,1-3,15H2/b14-12+,36-18+. The van der Waals surface area contributed by atoms with E-state index in [0.29, 0.717) is 5.82 Å². The third-order valence-electron chi connectivity index (χ3n) is 10.0. The van der Waals surface area contributed by atoms with E-state index in [9.17, 15) is 0 Å². The lowest BCUT2D eigenvalue weighted by molar-refractivity contribution is 0.882. The average molecular weight is 694 g/mol. The zero-order valence-electron chi connectivity index (χ0n) is 30.1. The Balaban J connectivity index is 1.18. The Morgan fingerprint density at radius 2 is 1.19 bits per heavy atom. The molecule has 1 unspecified atom stereocenters. The third kappa shape index (κ3) is 6.83. The van der Waals surface area contributed by atoms with Crippen LogP contribution in [-0.4, -0.2) is 16.2 Å². The van der Waals surface area contributed by atoms with Crippen LogP contribution in [0.5, 0.6) is 0 Å². The fourth-order valence-electron chi connectivity index (χ4n) is 7.20. The van der Waals surface area contributed by atoms with Crippen molar-refractivity contribution in [2.75, 3.05) is 0 Å². The van der Waals surface area contributed by atoms with Crippen molar-refractivity contribution in [1.82, 2.24) is 9.97 Å². The summed E-state index contributed by atoms with van der Waals surface area (Å²) in [6, 6.07) is 44.7. The molecule has 0 saturated heterocycles. The maximum Gasteiger partial charge on any atom is 0.160 e. The highest BCUT2D eigenvalue weighted by Crippen LogP contribution is 2.37. The van der Waals surface area contributed by atoms with Gasteiger partial charge < -0.3 is 0 Å². The summed E-state index contributed by atoms with van der Waals surface area (Å²) in [6.07, 6.45) is 18.9. The molecule has 1 aliphatic rings. The van der Waals surface area contributed by atoms with Gasteiger partial charge in [-0.3, -0.25) is 4.99 Å². The fraction of sp³-hybridized carbons (Fsp3) is 0.0392. The molecule has 0 N–H and O–H groups in total. The quantitative estimate of drug-likeness (QED) is 0.106. The van der Waals surface area contributed by atoms with Crippen LogP contribution in [0.1, 0.15) is 23.2 Å². The van der Waals surface area contributed by atoms with Crippen LogP contribution in [0.4, 0.5) is 0 Å². The van der Waals surface area contributed by atoms with Crippen molar-refractivity contribution in [3.05, 3.63) is 201 Å². The van der Waals surface area contributed by atoms with Gasteiger partial charge >= 0.3 is 0 Å². The summed E-state index contributed by atoms with van der Waals surface area (Å²) in [5.74, 6) is 0.918. The highest BCUT2D eigenvalue weighted by atomic mass is 14.9. The molecule has 0 spiro atoms. The summed E-state index contributed by atoms with van der Waals surface area (Å²) in [4.78, 5) is 14.5. The van der Waals surface area contributed by atoms with E-state index in [-0.39, 0.29) is 5.92 Å². The van der Waals surface area contributed by atoms with Gasteiger partial charge in [-0.25, -0.2) is 9.97 Å². The molecular formula is C51H39N3. The molecule has 1 aliphatic heterocycles. The van der Waals surface area contributed by atoms with E-state index < -0.39 is 0 Å². The Morgan fingerprint density at radius 3 is 1.89 bits per heavy atom. The molecule has 54 heavy (non-hydrogen) atoms. The normalized spacial score (nSPS) is 14.1. The van der Waals surface area contributed by atoms with Crippen molar-refractivity contribution in [2.45, 2.75) is 6.42 Å². The summed E-state index contributed by atoms with van der Waals surface area (Å²) < 4.78 is 0. The largest absolute Gasteiger partial charge is 0.269 e. The number of hydrogen-bond donors (Lipinski definition) is 0. The van der Waals surface area contributed by atoms with Crippen LogP contribution in [-0.2, 0) is 0 Å². The lowest BCUT2D eigenvalue weighted by Gasteiger charge is -2.14. The minimum Gasteiger partial charge on any atom is -0.269 e. The molecule has 258 valence electrons. The van der Waals surface area contributed by atoms with E-state index in [2.05, 4.69) is 170 Å². The highest BCUT2D eigenvalue weighted by Gasteiger charge is 2.14. The molecule has 3 nitrogen and oxygen atoms in total. The number of aromatic nitrogens is 2. The van der Waals surface area contributed by atoms with Gasteiger partial charge in [0, 0.05) is 29.5 Å². The second kappa shape index (κ2) is 15.3. The van der Waals surface area contributed by atoms with E-state index in [1.807, 2.05) is 36.7 Å². The van der Waals surface area contributed by atoms with Gasteiger partial charge in [0.15, 0.2) is 5.82 Å². The molecule has 0 amide bonds. The van der Waals surface area contributed by atoms with Crippen molar-refractivity contribution in [1.29, 1.82) is 0 Å². The lowest BCUT2D eigenvalue weighted by Crippen LogP contribution is -1.99. The van der Waals surface area contributed by atoms with Gasteiger partial charge in [0.25, 0.3) is 0 Å². The summed E-state index contributed by atoms with van der Waals surface area (Å²) in [6.45, 7) is 12.5. The van der Waals surface area contributed by atoms with Crippen LogP contribution in [0.15, 0.2) is 189 Å². The molecular weight excluding hydrogens is 655 g/mol. The topological polar surface area (TPSA) is 38.1 Å². The van der Waals surface area contributed by atoms with E-state index in [1.165, 1.54) is 21.7 Å². The smallest absolute Gasteiger partial charge is 0.160 e. The molecule has 0 radical (unpaired) electrons. The molecule has 1 atom stereocenters. The van der Waals surface area contributed by atoms with E-state index >= 15 is 0 Å². The number of hydrogen-bond acceptors (Lipinski definition) is 3. The maximum absolute atomic E-state index is 5.12. The molecule has 2 heterocycles. The maximum atomic E-state index is 5.12. The van der Waals surface area contributed by atoms with Gasteiger partial charge in [0.2, 0.25) is 0 Å². The molecule has 3 heteroatoms. The zero-order valence-corrected chi connectivity index (χ0v) is 30.1. The molecule has 0 bridgehead atoms. The number of aliphatic imine (C=N–C) groups is 1. The number of benzene rings is 6. The first-order valence-electron chi connectivity index (χ1n) is 18.2. The molecule has 0 saturated carbocycles. The number of nitrogens with zero attached hydrogens (tertiary/aromatic N) is 3. The summed E-state index contributed by atoms with van der Waals surface area (Å²) in [5, 5.41) is 4.75. The second-order valence-electron chi connectivity index (χ2n) is 13.3. The average Bonchev–Trinajstić information content (AvgIpc) is 3.25. The monoisotopic (exact) mass is 693 g/mol. The van der Waals surface area contributed by atoms with Crippen LogP contribution in [0.2, 0.25) is 0 Å². The van der Waals surface area contributed by atoms with Crippen LogP contribution in [0.25, 0.3) is 84.2 Å². The minimum atomic E-state index is 0.268. The zero-order chi connectivity index (χ0) is 36.9. The van der Waals surface area contributed by atoms with E-state index in [1.54, 1.807) is 0 Å². The van der Waals surface area contributed by atoms with Crippen molar-refractivity contribution < 1.29 is 0 Å². The van der Waals surface area contributed by atoms with Gasteiger partial charge in [-0.15, -0.1) is 0 Å². The Morgan fingerprint density at radius 1 is 0.574 bits per heavy atom.